The molecular formula is C20H21N3O2. The molecule has 0 saturated heterocycles. The van der Waals surface area contributed by atoms with Crippen molar-refractivity contribution in [2.45, 2.75) is 19.9 Å². The fourth-order valence-electron chi connectivity index (χ4n) is 2.51. The van der Waals surface area contributed by atoms with Crippen molar-refractivity contribution in [3.05, 3.63) is 78.4 Å². The fraction of sp³-hybridized carbons (Fsp3) is 0.200. The molecule has 1 heterocycles. The van der Waals surface area contributed by atoms with E-state index in [9.17, 15) is 4.79 Å². The molecular weight excluding hydrogens is 314 g/mol. The van der Waals surface area contributed by atoms with E-state index in [1.54, 1.807) is 24.7 Å². The number of nitrogens with one attached hydrogen (secondary N) is 1. The maximum Gasteiger partial charge on any atom is 0.251 e. The second-order valence-corrected chi connectivity index (χ2v) is 5.65. The average Bonchev–Trinajstić information content (AvgIpc) is 3.19. The number of carbonyl (C=O) groups is 1. The van der Waals surface area contributed by atoms with E-state index in [0.717, 1.165) is 23.4 Å². The van der Waals surface area contributed by atoms with Gasteiger partial charge in [0.15, 0.2) is 0 Å². The van der Waals surface area contributed by atoms with Crippen molar-refractivity contribution in [2.75, 3.05) is 6.61 Å². The number of hydrogen-bond acceptors (Lipinski definition) is 3. The van der Waals surface area contributed by atoms with Gasteiger partial charge in [0.2, 0.25) is 0 Å². The van der Waals surface area contributed by atoms with Crippen LogP contribution in [0.5, 0.6) is 5.75 Å². The number of aromatic nitrogens is 2. The van der Waals surface area contributed by atoms with Crippen molar-refractivity contribution >= 4 is 5.91 Å². The van der Waals surface area contributed by atoms with E-state index < -0.39 is 0 Å². The molecule has 25 heavy (non-hydrogen) atoms. The van der Waals surface area contributed by atoms with Crippen LogP contribution < -0.4 is 10.1 Å². The number of benzene rings is 2. The Balaban J connectivity index is 1.65. The van der Waals surface area contributed by atoms with Crippen LogP contribution in [0.4, 0.5) is 0 Å². The lowest BCUT2D eigenvalue weighted by molar-refractivity contribution is 0.0951. The predicted octanol–water partition coefficient (Wildman–Crippen LogP) is 3.59. The molecule has 1 N–H and O–H groups in total. The Hall–Kier alpha value is -3.08. The first-order chi connectivity index (χ1) is 12.3. The van der Waals surface area contributed by atoms with E-state index in [1.165, 1.54) is 0 Å². The van der Waals surface area contributed by atoms with E-state index >= 15 is 0 Å². The van der Waals surface area contributed by atoms with Gasteiger partial charge in [-0.2, -0.15) is 0 Å². The maximum atomic E-state index is 12.4. The normalized spacial score (nSPS) is 10.4. The highest BCUT2D eigenvalue weighted by atomic mass is 16.5. The summed E-state index contributed by atoms with van der Waals surface area (Å²) in [5.41, 5.74) is 2.64. The van der Waals surface area contributed by atoms with E-state index in [0.29, 0.717) is 18.7 Å². The lowest BCUT2D eigenvalue weighted by Crippen LogP contribution is -2.23. The Morgan fingerprint density at radius 1 is 1.16 bits per heavy atom. The lowest BCUT2D eigenvalue weighted by Gasteiger charge is -2.11. The number of nitrogens with zero attached hydrogens (tertiary/aromatic N) is 2. The Kier molecular flexibility index (Phi) is 5.46. The second kappa shape index (κ2) is 8.15. The van der Waals surface area contributed by atoms with Gasteiger partial charge in [0.1, 0.15) is 5.75 Å². The third kappa shape index (κ3) is 4.26. The van der Waals surface area contributed by atoms with Gasteiger partial charge in [0, 0.05) is 24.5 Å². The molecule has 0 aliphatic carbocycles. The molecule has 0 fully saturated rings. The molecule has 128 valence electrons. The molecule has 0 bridgehead atoms. The molecule has 3 aromatic rings. The summed E-state index contributed by atoms with van der Waals surface area (Å²) in [6.45, 7) is 3.18. The van der Waals surface area contributed by atoms with Gasteiger partial charge in [0.25, 0.3) is 5.91 Å². The van der Waals surface area contributed by atoms with E-state index in [-0.39, 0.29) is 5.91 Å². The highest BCUT2D eigenvalue weighted by Crippen LogP contribution is 2.15. The van der Waals surface area contributed by atoms with Crippen molar-refractivity contribution in [3.8, 4) is 11.4 Å². The standard InChI is InChI=1S/C20H21N3O2/c1-2-13-25-18-9-7-16(8-10-18)20(24)22-14-17-5-3-4-6-19(17)23-12-11-21-15-23/h3-12,15H,2,13-14H2,1H3,(H,22,24). The van der Waals surface area contributed by atoms with Crippen LogP contribution >= 0.6 is 0 Å². The summed E-state index contributed by atoms with van der Waals surface area (Å²) in [4.78, 5) is 16.4. The first-order valence-electron chi connectivity index (χ1n) is 8.35. The number of rotatable bonds is 7. The number of ether oxygens (including phenoxy) is 1. The van der Waals surface area contributed by atoms with Crippen LogP contribution in [0.2, 0.25) is 0 Å². The van der Waals surface area contributed by atoms with Gasteiger partial charge >= 0.3 is 0 Å². The van der Waals surface area contributed by atoms with Crippen LogP contribution in [0, 0.1) is 0 Å². The van der Waals surface area contributed by atoms with Crippen molar-refractivity contribution in [3.63, 3.8) is 0 Å². The SMILES string of the molecule is CCCOc1ccc(C(=O)NCc2ccccc2-n2ccnc2)cc1. The summed E-state index contributed by atoms with van der Waals surface area (Å²) in [5.74, 6) is 0.673. The molecule has 2 aromatic carbocycles. The van der Waals surface area contributed by atoms with Gasteiger partial charge < -0.3 is 14.6 Å². The summed E-state index contributed by atoms with van der Waals surface area (Å²) in [5, 5.41) is 2.97. The molecule has 0 aliphatic rings. The minimum absolute atomic E-state index is 0.109. The quantitative estimate of drug-likeness (QED) is 0.718. The Morgan fingerprint density at radius 3 is 2.68 bits per heavy atom. The van der Waals surface area contributed by atoms with Gasteiger partial charge in [-0.05, 0) is 42.3 Å². The molecule has 0 saturated carbocycles. The van der Waals surface area contributed by atoms with E-state index in [2.05, 4.69) is 17.2 Å². The van der Waals surface area contributed by atoms with E-state index in [1.807, 2.05) is 47.2 Å². The molecule has 5 heteroatoms. The maximum absolute atomic E-state index is 12.4. The molecule has 0 unspecified atom stereocenters. The Morgan fingerprint density at radius 2 is 1.96 bits per heavy atom. The zero-order valence-corrected chi connectivity index (χ0v) is 14.2. The van der Waals surface area contributed by atoms with Crippen LogP contribution in [0.1, 0.15) is 29.3 Å². The van der Waals surface area contributed by atoms with Crippen molar-refractivity contribution in [1.29, 1.82) is 0 Å². The number of para-hydroxylation sites is 1. The zero-order chi connectivity index (χ0) is 17.5. The van der Waals surface area contributed by atoms with Crippen LogP contribution in [0.3, 0.4) is 0 Å². The summed E-state index contributed by atoms with van der Waals surface area (Å²) < 4.78 is 7.47. The van der Waals surface area contributed by atoms with Gasteiger partial charge in [-0.3, -0.25) is 4.79 Å². The van der Waals surface area contributed by atoms with Gasteiger partial charge in [-0.25, -0.2) is 4.98 Å². The van der Waals surface area contributed by atoms with Crippen molar-refractivity contribution < 1.29 is 9.53 Å². The highest BCUT2D eigenvalue weighted by molar-refractivity contribution is 5.94. The fourth-order valence-corrected chi connectivity index (χ4v) is 2.51. The molecule has 0 aliphatic heterocycles. The van der Waals surface area contributed by atoms with Crippen LogP contribution in [0.15, 0.2) is 67.3 Å². The first kappa shape index (κ1) is 16.8. The third-order valence-electron chi connectivity index (χ3n) is 3.80. The minimum Gasteiger partial charge on any atom is -0.494 e. The van der Waals surface area contributed by atoms with Gasteiger partial charge in [0.05, 0.1) is 18.6 Å². The molecule has 5 nitrogen and oxygen atoms in total. The molecule has 0 atom stereocenters. The van der Waals surface area contributed by atoms with Crippen LogP contribution in [0.25, 0.3) is 5.69 Å². The van der Waals surface area contributed by atoms with Gasteiger partial charge in [-0.1, -0.05) is 25.1 Å². The predicted molar refractivity (Wildman–Crippen MR) is 97.0 cm³/mol. The number of amides is 1. The smallest absolute Gasteiger partial charge is 0.251 e. The molecule has 3 rings (SSSR count). The summed E-state index contributed by atoms with van der Waals surface area (Å²) in [7, 11) is 0. The summed E-state index contributed by atoms with van der Waals surface area (Å²) in [6, 6.07) is 15.1. The lowest BCUT2D eigenvalue weighted by atomic mass is 10.1. The minimum atomic E-state index is -0.109. The first-order valence-corrected chi connectivity index (χ1v) is 8.35. The number of imidazole rings is 1. The van der Waals surface area contributed by atoms with Gasteiger partial charge in [-0.15, -0.1) is 0 Å². The van der Waals surface area contributed by atoms with Crippen molar-refractivity contribution in [2.24, 2.45) is 0 Å². The zero-order valence-electron chi connectivity index (χ0n) is 14.2. The van der Waals surface area contributed by atoms with Crippen molar-refractivity contribution in [1.82, 2.24) is 14.9 Å². The Bertz CT molecular complexity index is 811. The second-order valence-electron chi connectivity index (χ2n) is 5.65. The number of hydrogen-bond donors (Lipinski definition) is 1. The monoisotopic (exact) mass is 335 g/mol. The summed E-state index contributed by atoms with van der Waals surface area (Å²) >= 11 is 0. The molecule has 0 spiro atoms. The van der Waals surface area contributed by atoms with Crippen LogP contribution in [-0.4, -0.2) is 22.1 Å². The molecule has 1 aromatic heterocycles. The topological polar surface area (TPSA) is 56.1 Å². The highest BCUT2D eigenvalue weighted by Gasteiger charge is 2.08. The molecule has 1 amide bonds. The Labute approximate surface area is 147 Å². The number of carbonyl (C=O) groups excluding carboxylic acids is 1. The largest absolute Gasteiger partial charge is 0.494 e. The summed E-state index contributed by atoms with van der Waals surface area (Å²) in [6.07, 6.45) is 6.32. The third-order valence-corrected chi connectivity index (χ3v) is 3.80. The average molecular weight is 335 g/mol. The molecule has 0 radical (unpaired) electrons. The van der Waals surface area contributed by atoms with Crippen LogP contribution in [-0.2, 0) is 6.54 Å². The van der Waals surface area contributed by atoms with E-state index in [4.69, 9.17) is 4.74 Å².